The molecule has 1 fully saturated rings. The van der Waals surface area contributed by atoms with Gasteiger partial charge in [-0.15, -0.1) is 0 Å². The minimum absolute atomic E-state index is 0.0228. The van der Waals surface area contributed by atoms with Crippen LogP contribution in [0.5, 0.6) is 5.75 Å². The average molecular weight is 545 g/mol. The Bertz CT molecular complexity index is 1450. The smallest absolute Gasteiger partial charge is 0.299 e. The first-order valence-electron chi connectivity index (χ1n) is 11.4. The number of carbonyl (C=O) groups is 2. The van der Waals surface area contributed by atoms with Crippen LogP contribution >= 0.6 is 23.2 Å². The Kier molecular flexibility index (Phi) is 6.78. The number of ketones is 1. The fraction of sp³-hybridized carbons (Fsp3) is 0.231. The van der Waals surface area contributed by atoms with E-state index >= 15 is 0 Å². The van der Waals surface area contributed by atoms with Crippen LogP contribution in [0.2, 0.25) is 10.0 Å². The molecule has 10 heteroatoms. The molecule has 0 N–H and O–H groups in total. The summed E-state index contributed by atoms with van der Waals surface area (Å²) in [5.74, 6) is -0.793. The number of hydrogen-bond acceptors (Lipinski definition) is 5. The Morgan fingerprint density at radius 1 is 0.944 bits per heavy atom. The van der Waals surface area contributed by atoms with Crippen molar-refractivity contribution in [3.8, 4) is 5.75 Å². The molecule has 0 unspecified atom stereocenters. The fourth-order valence-electron chi connectivity index (χ4n) is 4.55. The number of Topliss-reactive ketones (excluding diaryl/α,β-unsaturated/α-hetero) is 1. The van der Waals surface area contributed by atoms with Crippen LogP contribution in [0.3, 0.4) is 0 Å². The third-order valence-corrected chi connectivity index (χ3v) is 9.07. The quantitative estimate of drug-likeness (QED) is 0.392. The predicted molar refractivity (Wildman–Crippen MR) is 137 cm³/mol. The Balaban J connectivity index is 1.38. The minimum atomic E-state index is -3.90. The number of carbonyl (C=O) groups excluding carboxylic acids is 2. The van der Waals surface area contributed by atoms with Crippen molar-refractivity contribution in [2.24, 2.45) is 0 Å². The predicted octanol–water partition coefficient (Wildman–Crippen LogP) is 4.96. The zero-order chi connectivity index (χ0) is 25.4. The highest BCUT2D eigenvalue weighted by Crippen LogP contribution is 2.35. The van der Waals surface area contributed by atoms with Gasteiger partial charge in [-0.3, -0.25) is 9.59 Å². The standard InChI is InChI=1S/C26H22Cl2N2O5S/c27-22-10-8-17(13-23(22)28)15-29-24-11-9-20(14-21(24)25(31)26(29)32)36(33,34)30-12-4-5-18(30)16-35-19-6-2-1-3-7-19/h1-3,6-11,13-14,18H,4-5,12,15-16H2/t18-/m0/s1. The fourth-order valence-corrected chi connectivity index (χ4v) is 6.58. The van der Waals surface area contributed by atoms with Crippen LogP contribution in [0.15, 0.2) is 71.6 Å². The third-order valence-electron chi connectivity index (χ3n) is 6.38. The summed E-state index contributed by atoms with van der Waals surface area (Å²) in [5.41, 5.74) is 1.12. The molecule has 5 rings (SSSR count). The van der Waals surface area contributed by atoms with Gasteiger partial charge < -0.3 is 9.64 Å². The molecule has 1 atom stereocenters. The number of rotatable bonds is 7. The van der Waals surface area contributed by atoms with Crippen molar-refractivity contribution in [3.05, 3.63) is 87.9 Å². The second-order valence-electron chi connectivity index (χ2n) is 8.68. The van der Waals surface area contributed by atoms with E-state index in [9.17, 15) is 18.0 Å². The molecule has 0 aliphatic carbocycles. The summed E-state index contributed by atoms with van der Waals surface area (Å²) in [4.78, 5) is 26.8. The number of hydrogen-bond donors (Lipinski definition) is 0. The van der Waals surface area contributed by atoms with Gasteiger partial charge in [0.2, 0.25) is 10.0 Å². The largest absolute Gasteiger partial charge is 0.492 e. The third kappa shape index (κ3) is 4.62. The van der Waals surface area contributed by atoms with Crippen LogP contribution in [0.25, 0.3) is 0 Å². The highest BCUT2D eigenvalue weighted by molar-refractivity contribution is 7.89. The van der Waals surface area contributed by atoms with E-state index in [0.717, 1.165) is 0 Å². The van der Waals surface area contributed by atoms with Crippen molar-refractivity contribution in [3.63, 3.8) is 0 Å². The van der Waals surface area contributed by atoms with Gasteiger partial charge in [0.1, 0.15) is 12.4 Å². The Labute approximate surface area is 219 Å². The highest BCUT2D eigenvalue weighted by atomic mass is 35.5. The van der Waals surface area contributed by atoms with E-state index in [-0.39, 0.29) is 29.7 Å². The zero-order valence-corrected chi connectivity index (χ0v) is 21.4. The molecule has 0 spiro atoms. The van der Waals surface area contributed by atoms with Crippen molar-refractivity contribution >= 4 is 50.6 Å². The molecule has 2 aliphatic heterocycles. The monoisotopic (exact) mass is 544 g/mol. The molecular weight excluding hydrogens is 523 g/mol. The first-order chi connectivity index (χ1) is 17.3. The lowest BCUT2D eigenvalue weighted by molar-refractivity contribution is -0.114. The van der Waals surface area contributed by atoms with Gasteiger partial charge in [-0.25, -0.2) is 8.42 Å². The molecule has 0 aromatic heterocycles. The molecule has 2 aliphatic rings. The first kappa shape index (κ1) is 24.8. The molecular formula is C26H22Cl2N2O5S. The number of amides is 1. The molecule has 186 valence electrons. The number of halogens is 2. The summed E-state index contributed by atoms with van der Waals surface area (Å²) in [6.07, 6.45) is 1.38. The molecule has 1 amide bonds. The molecule has 36 heavy (non-hydrogen) atoms. The summed E-state index contributed by atoms with van der Waals surface area (Å²) < 4.78 is 34.3. The van der Waals surface area contributed by atoms with E-state index in [4.69, 9.17) is 27.9 Å². The van der Waals surface area contributed by atoms with Crippen molar-refractivity contribution in [2.75, 3.05) is 18.1 Å². The number of anilines is 1. The van der Waals surface area contributed by atoms with Gasteiger partial charge in [-0.1, -0.05) is 47.5 Å². The molecule has 0 radical (unpaired) electrons. The molecule has 0 bridgehead atoms. The van der Waals surface area contributed by atoms with Crippen LogP contribution in [-0.2, 0) is 21.4 Å². The normalized spacial score (nSPS) is 18.1. The Hall–Kier alpha value is -2.91. The van der Waals surface area contributed by atoms with Crippen molar-refractivity contribution in [2.45, 2.75) is 30.3 Å². The topological polar surface area (TPSA) is 84.0 Å². The number of ether oxygens (including phenoxy) is 1. The van der Waals surface area contributed by atoms with Crippen LogP contribution in [0.1, 0.15) is 28.8 Å². The van der Waals surface area contributed by atoms with Gasteiger partial charge in [0.05, 0.1) is 38.8 Å². The van der Waals surface area contributed by atoms with Gasteiger partial charge in [-0.2, -0.15) is 4.31 Å². The van der Waals surface area contributed by atoms with Crippen LogP contribution < -0.4 is 9.64 Å². The summed E-state index contributed by atoms with van der Waals surface area (Å²) in [5, 5.41) is 0.721. The van der Waals surface area contributed by atoms with Gasteiger partial charge in [-0.05, 0) is 60.9 Å². The van der Waals surface area contributed by atoms with Crippen LogP contribution in [0, 0.1) is 0 Å². The lowest BCUT2D eigenvalue weighted by atomic mass is 10.1. The van der Waals surface area contributed by atoms with E-state index < -0.39 is 21.7 Å². The maximum Gasteiger partial charge on any atom is 0.299 e. The highest BCUT2D eigenvalue weighted by Gasteiger charge is 2.40. The second-order valence-corrected chi connectivity index (χ2v) is 11.4. The van der Waals surface area contributed by atoms with Gasteiger partial charge in [0.25, 0.3) is 11.7 Å². The summed E-state index contributed by atoms with van der Waals surface area (Å²) in [6, 6.07) is 18.1. The van der Waals surface area contributed by atoms with Crippen LogP contribution in [-0.4, -0.2) is 43.6 Å². The van der Waals surface area contributed by atoms with Gasteiger partial charge >= 0.3 is 0 Å². The molecule has 1 saturated heterocycles. The maximum atomic E-state index is 13.5. The Morgan fingerprint density at radius 2 is 1.72 bits per heavy atom. The minimum Gasteiger partial charge on any atom is -0.492 e. The second kappa shape index (κ2) is 9.86. The molecule has 2 heterocycles. The van der Waals surface area contributed by atoms with E-state index in [0.29, 0.717) is 46.4 Å². The van der Waals surface area contributed by atoms with Crippen molar-refractivity contribution < 1.29 is 22.7 Å². The summed E-state index contributed by atoms with van der Waals surface area (Å²) in [6.45, 7) is 0.688. The lowest BCUT2D eigenvalue weighted by Crippen LogP contribution is -2.39. The van der Waals surface area contributed by atoms with E-state index in [1.807, 2.05) is 30.3 Å². The molecule has 3 aromatic rings. The maximum absolute atomic E-state index is 13.5. The number of benzene rings is 3. The number of para-hydroxylation sites is 1. The SMILES string of the molecule is O=C1C(=O)N(Cc2ccc(Cl)c(Cl)c2)c2ccc(S(=O)(=O)N3CCC[C@H]3COc3ccccc3)cc21. The first-order valence-corrected chi connectivity index (χ1v) is 13.6. The lowest BCUT2D eigenvalue weighted by Gasteiger charge is -2.24. The van der Waals surface area contributed by atoms with Crippen molar-refractivity contribution in [1.29, 1.82) is 0 Å². The summed E-state index contributed by atoms with van der Waals surface area (Å²) in [7, 11) is -3.90. The van der Waals surface area contributed by atoms with Gasteiger partial charge in [0, 0.05) is 6.54 Å². The number of fused-ring (bicyclic) bond motifs is 1. The van der Waals surface area contributed by atoms with E-state index in [2.05, 4.69) is 0 Å². The van der Waals surface area contributed by atoms with Gasteiger partial charge in [0.15, 0.2) is 0 Å². The van der Waals surface area contributed by atoms with E-state index in [1.54, 1.807) is 18.2 Å². The van der Waals surface area contributed by atoms with Crippen LogP contribution in [0.4, 0.5) is 5.69 Å². The Morgan fingerprint density at radius 3 is 2.47 bits per heavy atom. The number of sulfonamides is 1. The van der Waals surface area contributed by atoms with E-state index in [1.165, 1.54) is 27.4 Å². The zero-order valence-electron chi connectivity index (χ0n) is 19.1. The van der Waals surface area contributed by atoms with Crippen molar-refractivity contribution in [1.82, 2.24) is 4.31 Å². The molecule has 0 saturated carbocycles. The average Bonchev–Trinajstić information content (AvgIpc) is 3.45. The summed E-state index contributed by atoms with van der Waals surface area (Å²) >= 11 is 12.1. The molecule has 7 nitrogen and oxygen atoms in total. The molecule has 3 aromatic carbocycles. The number of nitrogens with zero attached hydrogens (tertiary/aromatic N) is 2.